The summed E-state index contributed by atoms with van der Waals surface area (Å²) in [5.41, 5.74) is 11.9. The molecule has 0 atom stereocenters. The molecule has 0 aliphatic rings. The van der Waals surface area contributed by atoms with Crippen molar-refractivity contribution in [3.63, 3.8) is 0 Å². The standard InChI is InChI=1S/C40H28N4/c1-27-25-32(19-20-37(27)44-38-13-7-5-11-33(38)34-12-6-8-14-39(34)44)36-26-35(42-40(43-36)31-9-3-2-4-10-31)30-17-15-28(16-18-30)29-21-23-41-24-22-29/h2-26H,1H3. The number of para-hydroxylation sites is 2. The minimum Gasteiger partial charge on any atom is -0.309 e. The van der Waals surface area contributed by atoms with Crippen LogP contribution in [0.2, 0.25) is 0 Å². The van der Waals surface area contributed by atoms with E-state index in [1.807, 2.05) is 42.7 Å². The molecular weight excluding hydrogens is 536 g/mol. The predicted molar refractivity (Wildman–Crippen MR) is 181 cm³/mol. The molecule has 4 heteroatoms. The van der Waals surface area contributed by atoms with Crippen molar-refractivity contribution >= 4 is 21.8 Å². The maximum atomic E-state index is 5.07. The van der Waals surface area contributed by atoms with Gasteiger partial charge in [-0.15, -0.1) is 0 Å². The van der Waals surface area contributed by atoms with E-state index in [1.54, 1.807) is 0 Å². The van der Waals surface area contributed by atoms with Crippen LogP contribution in [-0.2, 0) is 0 Å². The van der Waals surface area contributed by atoms with Crippen LogP contribution in [0, 0.1) is 6.92 Å². The van der Waals surface area contributed by atoms with E-state index >= 15 is 0 Å². The predicted octanol–water partition coefficient (Wildman–Crippen LogP) is 9.95. The lowest BCUT2D eigenvalue weighted by molar-refractivity contribution is 1.14. The Kier molecular flexibility index (Phi) is 6.31. The number of rotatable bonds is 5. The minimum atomic E-state index is 0.709. The lowest BCUT2D eigenvalue weighted by Gasteiger charge is -2.14. The van der Waals surface area contributed by atoms with Crippen molar-refractivity contribution < 1.29 is 0 Å². The summed E-state index contributed by atoms with van der Waals surface area (Å²) in [6, 6.07) is 48.8. The van der Waals surface area contributed by atoms with E-state index < -0.39 is 0 Å². The van der Waals surface area contributed by atoms with Gasteiger partial charge in [-0.2, -0.15) is 0 Å². The Labute approximate surface area is 256 Å². The van der Waals surface area contributed by atoms with Gasteiger partial charge in [0.1, 0.15) is 0 Å². The fourth-order valence-electron chi connectivity index (χ4n) is 6.08. The molecule has 0 saturated heterocycles. The van der Waals surface area contributed by atoms with Gasteiger partial charge in [-0.3, -0.25) is 4.98 Å². The van der Waals surface area contributed by atoms with E-state index in [1.165, 1.54) is 27.4 Å². The largest absolute Gasteiger partial charge is 0.309 e. The van der Waals surface area contributed by atoms with E-state index in [-0.39, 0.29) is 0 Å². The van der Waals surface area contributed by atoms with Crippen molar-refractivity contribution in [3.05, 3.63) is 157 Å². The summed E-state index contributed by atoms with van der Waals surface area (Å²) >= 11 is 0. The maximum Gasteiger partial charge on any atom is 0.160 e. The van der Waals surface area contributed by atoms with Crippen LogP contribution in [0.25, 0.3) is 72.5 Å². The summed E-state index contributed by atoms with van der Waals surface area (Å²) < 4.78 is 2.37. The van der Waals surface area contributed by atoms with Crippen LogP contribution in [-0.4, -0.2) is 19.5 Å². The SMILES string of the molecule is Cc1cc(-c2cc(-c3ccc(-c4ccncc4)cc3)nc(-c3ccccc3)n2)ccc1-n1c2ccccc2c2ccccc21. The molecule has 0 radical (unpaired) electrons. The number of aryl methyl sites for hydroxylation is 1. The van der Waals surface area contributed by atoms with Crippen LogP contribution in [0.15, 0.2) is 152 Å². The summed E-state index contributed by atoms with van der Waals surface area (Å²) in [4.78, 5) is 14.2. The van der Waals surface area contributed by atoms with Crippen LogP contribution in [0.5, 0.6) is 0 Å². The van der Waals surface area contributed by atoms with Gasteiger partial charge in [0.2, 0.25) is 0 Å². The maximum absolute atomic E-state index is 5.07. The number of hydrogen-bond acceptors (Lipinski definition) is 3. The van der Waals surface area contributed by atoms with Crippen molar-refractivity contribution in [1.29, 1.82) is 0 Å². The summed E-state index contributed by atoms with van der Waals surface area (Å²) in [5.74, 6) is 0.709. The molecule has 0 fully saturated rings. The molecule has 3 aromatic heterocycles. The summed E-state index contributed by atoms with van der Waals surface area (Å²) in [7, 11) is 0. The highest BCUT2D eigenvalue weighted by molar-refractivity contribution is 6.09. The zero-order chi connectivity index (χ0) is 29.5. The Bertz CT molecular complexity index is 2210. The molecular formula is C40H28N4. The topological polar surface area (TPSA) is 43.6 Å². The smallest absolute Gasteiger partial charge is 0.160 e. The molecule has 208 valence electrons. The lowest BCUT2D eigenvalue weighted by atomic mass is 10.0. The van der Waals surface area contributed by atoms with Crippen molar-refractivity contribution in [2.75, 3.05) is 0 Å². The van der Waals surface area contributed by atoms with Gasteiger partial charge in [0.15, 0.2) is 5.82 Å². The van der Waals surface area contributed by atoms with Gasteiger partial charge in [-0.25, -0.2) is 9.97 Å². The van der Waals surface area contributed by atoms with E-state index in [2.05, 4.69) is 126 Å². The number of nitrogens with zero attached hydrogens (tertiary/aromatic N) is 4. The number of aromatic nitrogens is 4. The van der Waals surface area contributed by atoms with E-state index in [4.69, 9.17) is 9.97 Å². The van der Waals surface area contributed by atoms with Gasteiger partial charge in [0.05, 0.1) is 22.4 Å². The number of benzene rings is 5. The van der Waals surface area contributed by atoms with Gasteiger partial charge in [-0.1, -0.05) is 97.1 Å². The summed E-state index contributed by atoms with van der Waals surface area (Å²) in [5, 5.41) is 2.52. The molecule has 0 unspecified atom stereocenters. The summed E-state index contributed by atoms with van der Waals surface area (Å²) in [6.07, 6.45) is 3.64. The Balaban J connectivity index is 1.25. The zero-order valence-corrected chi connectivity index (χ0v) is 24.2. The van der Waals surface area contributed by atoms with Gasteiger partial charge >= 0.3 is 0 Å². The Morgan fingerprint density at radius 1 is 0.455 bits per heavy atom. The molecule has 0 spiro atoms. The van der Waals surface area contributed by atoms with Gasteiger partial charge < -0.3 is 4.57 Å². The molecule has 8 rings (SSSR count). The number of hydrogen-bond donors (Lipinski definition) is 0. The molecule has 4 nitrogen and oxygen atoms in total. The fraction of sp³-hybridized carbons (Fsp3) is 0.0250. The van der Waals surface area contributed by atoms with Crippen LogP contribution < -0.4 is 0 Å². The highest BCUT2D eigenvalue weighted by atomic mass is 15.0. The third kappa shape index (κ3) is 4.54. The first-order valence-corrected chi connectivity index (χ1v) is 14.8. The Hall–Kier alpha value is -5.87. The average Bonchev–Trinajstić information content (AvgIpc) is 3.43. The normalized spacial score (nSPS) is 11.3. The molecule has 3 heterocycles. The number of fused-ring (bicyclic) bond motifs is 3. The van der Waals surface area contributed by atoms with Crippen molar-refractivity contribution in [1.82, 2.24) is 19.5 Å². The molecule has 5 aromatic carbocycles. The van der Waals surface area contributed by atoms with Crippen molar-refractivity contribution in [2.45, 2.75) is 6.92 Å². The second-order valence-corrected chi connectivity index (χ2v) is 11.0. The lowest BCUT2D eigenvalue weighted by Crippen LogP contribution is -1.99. The third-order valence-corrected chi connectivity index (χ3v) is 8.27. The molecule has 0 amide bonds. The van der Waals surface area contributed by atoms with E-state index in [0.717, 1.165) is 44.9 Å². The molecule has 0 saturated carbocycles. The van der Waals surface area contributed by atoms with E-state index in [0.29, 0.717) is 5.82 Å². The average molecular weight is 565 g/mol. The molecule has 0 bridgehead atoms. The molecule has 0 aliphatic carbocycles. The van der Waals surface area contributed by atoms with Crippen LogP contribution >= 0.6 is 0 Å². The Morgan fingerprint density at radius 3 is 1.66 bits per heavy atom. The van der Waals surface area contributed by atoms with Crippen molar-refractivity contribution in [3.8, 4) is 50.7 Å². The molecule has 0 N–H and O–H groups in total. The summed E-state index contributed by atoms with van der Waals surface area (Å²) in [6.45, 7) is 2.18. The highest BCUT2D eigenvalue weighted by Crippen LogP contribution is 2.35. The van der Waals surface area contributed by atoms with Gasteiger partial charge in [-0.05, 0) is 66.1 Å². The second kappa shape index (κ2) is 10.8. The first-order valence-electron chi connectivity index (χ1n) is 14.8. The van der Waals surface area contributed by atoms with Gasteiger partial charge in [0.25, 0.3) is 0 Å². The fourth-order valence-corrected chi connectivity index (χ4v) is 6.08. The highest BCUT2D eigenvalue weighted by Gasteiger charge is 2.15. The second-order valence-electron chi connectivity index (χ2n) is 11.0. The first-order chi connectivity index (χ1) is 21.7. The zero-order valence-electron chi connectivity index (χ0n) is 24.2. The van der Waals surface area contributed by atoms with Crippen molar-refractivity contribution in [2.24, 2.45) is 0 Å². The van der Waals surface area contributed by atoms with Crippen LogP contribution in [0.3, 0.4) is 0 Å². The third-order valence-electron chi connectivity index (χ3n) is 8.27. The van der Waals surface area contributed by atoms with Crippen LogP contribution in [0.1, 0.15) is 5.56 Å². The monoisotopic (exact) mass is 564 g/mol. The molecule has 8 aromatic rings. The number of pyridine rings is 1. The minimum absolute atomic E-state index is 0.709. The Morgan fingerprint density at radius 2 is 1.00 bits per heavy atom. The molecule has 0 aliphatic heterocycles. The first kappa shape index (κ1) is 25.8. The van der Waals surface area contributed by atoms with Gasteiger partial charge in [0, 0.05) is 45.5 Å². The molecule has 44 heavy (non-hydrogen) atoms. The van der Waals surface area contributed by atoms with E-state index in [9.17, 15) is 0 Å². The van der Waals surface area contributed by atoms with Crippen LogP contribution in [0.4, 0.5) is 0 Å². The quantitative estimate of drug-likeness (QED) is 0.209.